The summed E-state index contributed by atoms with van der Waals surface area (Å²) in [6, 6.07) is 66.4. The molecule has 8 aromatic carbocycles. The number of benzene rings is 8. The molecule has 0 amide bonds. The first-order valence-corrected chi connectivity index (χ1v) is 19.5. The SMILES string of the molecule is c1ccc(-c2c3c(c(-c4ccccc4)c4ccccc24)-c2ccc(-c4ccc(-c5ccc6c(c5)c5ncccc5n6-c5cccnc5)cc4)c4cccc-3c24)cc1. The van der Waals surface area contributed by atoms with Crippen molar-refractivity contribution < 1.29 is 0 Å². The van der Waals surface area contributed by atoms with Crippen LogP contribution < -0.4 is 0 Å². The van der Waals surface area contributed by atoms with Crippen LogP contribution in [0.4, 0.5) is 0 Å². The molecule has 11 aromatic rings. The molecule has 3 nitrogen and oxygen atoms in total. The van der Waals surface area contributed by atoms with Crippen molar-refractivity contribution in [1.29, 1.82) is 0 Å². The van der Waals surface area contributed by atoms with Gasteiger partial charge in [-0.3, -0.25) is 9.97 Å². The predicted molar refractivity (Wildman–Crippen MR) is 238 cm³/mol. The van der Waals surface area contributed by atoms with Crippen molar-refractivity contribution in [2.24, 2.45) is 0 Å². The standard InChI is InChI=1S/C54H33N3/c1-3-12-36(13-4-1)49-42-17-7-8-18-43(42)50(37-14-5-2-6-15-37)53-45-28-27-40(41-19-9-20-44(51(41)45)52(49)53)35-24-22-34(23-25-35)38-26-29-47-46(32-38)54-48(21-11-31-56-54)57(47)39-16-10-30-55-33-39/h1-33H. The third kappa shape index (κ3) is 4.73. The highest BCUT2D eigenvalue weighted by atomic mass is 15.0. The second kappa shape index (κ2) is 12.5. The van der Waals surface area contributed by atoms with Gasteiger partial charge in [0.2, 0.25) is 0 Å². The van der Waals surface area contributed by atoms with Crippen LogP contribution in [0.3, 0.4) is 0 Å². The van der Waals surface area contributed by atoms with Gasteiger partial charge in [-0.1, -0.05) is 146 Å². The normalized spacial score (nSPS) is 11.9. The molecule has 3 heterocycles. The number of hydrogen-bond donors (Lipinski definition) is 0. The van der Waals surface area contributed by atoms with Crippen LogP contribution in [0.2, 0.25) is 0 Å². The molecule has 0 saturated carbocycles. The smallest absolute Gasteiger partial charge is 0.0963 e. The second-order valence-corrected chi connectivity index (χ2v) is 14.9. The Morgan fingerprint density at radius 3 is 1.67 bits per heavy atom. The lowest BCUT2D eigenvalue weighted by Crippen LogP contribution is -1.94. The number of hydrogen-bond acceptors (Lipinski definition) is 2. The number of aromatic nitrogens is 3. The highest BCUT2D eigenvalue weighted by molar-refractivity contribution is 6.28. The third-order valence-electron chi connectivity index (χ3n) is 11.9. The molecule has 1 aliphatic carbocycles. The quantitative estimate of drug-likeness (QED) is 0.177. The van der Waals surface area contributed by atoms with Crippen molar-refractivity contribution in [3.63, 3.8) is 0 Å². The molecule has 3 heteroatoms. The van der Waals surface area contributed by atoms with E-state index in [-0.39, 0.29) is 0 Å². The first-order valence-electron chi connectivity index (χ1n) is 19.5. The molecule has 57 heavy (non-hydrogen) atoms. The zero-order chi connectivity index (χ0) is 37.5. The third-order valence-corrected chi connectivity index (χ3v) is 11.9. The van der Waals surface area contributed by atoms with E-state index >= 15 is 0 Å². The van der Waals surface area contributed by atoms with Gasteiger partial charge in [0.1, 0.15) is 0 Å². The van der Waals surface area contributed by atoms with E-state index in [1.165, 1.54) is 82.7 Å². The highest BCUT2D eigenvalue weighted by Gasteiger charge is 2.31. The summed E-state index contributed by atoms with van der Waals surface area (Å²) in [7, 11) is 0. The van der Waals surface area contributed by atoms with Crippen molar-refractivity contribution in [2.75, 3.05) is 0 Å². The summed E-state index contributed by atoms with van der Waals surface area (Å²) in [5.74, 6) is 0. The summed E-state index contributed by atoms with van der Waals surface area (Å²) >= 11 is 0. The summed E-state index contributed by atoms with van der Waals surface area (Å²) in [5.41, 5.74) is 19.3. The largest absolute Gasteiger partial charge is 0.306 e. The highest BCUT2D eigenvalue weighted by Crippen LogP contribution is 2.58. The van der Waals surface area contributed by atoms with Crippen LogP contribution in [0, 0.1) is 0 Å². The molecule has 0 fully saturated rings. The second-order valence-electron chi connectivity index (χ2n) is 14.9. The van der Waals surface area contributed by atoms with Crippen LogP contribution in [0.1, 0.15) is 0 Å². The molecule has 3 aromatic heterocycles. The Kier molecular flexibility index (Phi) is 6.93. The van der Waals surface area contributed by atoms with E-state index in [9.17, 15) is 0 Å². The van der Waals surface area contributed by atoms with Crippen molar-refractivity contribution in [3.05, 3.63) is 201 Å². The van der Waals surface area contributed by atoms with Gasteiger partial charge in [-0.05, 0) is 125 Å². The molecular weight excluding hydrogens is 691 g/mol. The molecule has 0 radical (unpaired) electrons. The Morgan fingerprint density at radius 1 is 0.351 bits per heavy atom. The minimum atomic E-state index is 0.988. The Labute approximate surface area is 329 Å². The van der Waals surface area contributed by atoms with E-state index in [2.05, 4.69) is 179 Å². The van der Waals surface area contributed by atoms with E-state index in [1.54, 1.807) is 0 Å². The van der Waals surface area contributed by atoms with Gasteiger partial charge in [-0.25, -0.2) is 0 Å². The van der Waals surface area contributed by atoms with Crippen molar-refractivity contribution in [2.45, 2.75) is 0 Å². The Bertz CT molecular complexity index is 3270. The molecule has 12 rings (SSSR count). The molecule has 0 aliphatic heterocycles. The molecule has 0 unspecified atom stereocenters. The summed E-state index contributed by atoms with van der Waals surface area (Å²) in [6.45, 7) is 0. The Balaban J connectivity index is 1.02. The van der Waals surface area contributed by atoms with E-state index in [0.717, 1.165) is 33.2 Å². The van der Waals surface area contributed by atoms with Crippen molar-refractivity contribution in [1.82, 2.24) is 14.5 Å². The van der Waals surface area contributed by atoms with E-state index in [4.69, 9.17) is 4.98 Å². The fraction of sp³-hybridized carbons (Fsp3) is 0. The number of rotatable bonds is 5. The van der Waals surface area contributed by atoms with Gasteiger partial charge in [0, 0.05) is 17.8 Å². The van der Waals surface area contributed by atoms with Gasteiger partial charge in [0.15, 0.2) is 0 Å². The molecular formula is C54H33N3. The lowest BCUT2D eigenvalue weighted by Gasteiger charge is -2.20. The minimum Gasteiger partial charge on any atom is -0.306 e. The number of fused-ring (bicyclic) bond motifs is 7. The summed E-state index contributed by atoms with van der Waals surface area (Å²) in [4.78, 5) is 9.22. The van der Waals surface area contributed by atoms with Gasteiger partial charge in [0.05, 0.1) is 28.4 Å². The fourth-order valence-corrected chi connectivity index (χ4v) is 9.48. The van der Waals surface area contributed by atoms with Crippen LogP contribution >= 0.6 is 0 Å². The molecule has 0 spiro atoms. The topological polar surface area (TPSA) is 30.7 Å². The average molecular weight is 724 g/mol. The van der Waals surface area contributed by atoms with Crippen LogP contribution in [0.5, 0.6) is 0 Å². The summed E-state index contributed by atoms with van der Waals surface area (Å²) < 4.78 is 2.25. The lowest BCUT2D eigenvalue weighted by atomic mass is 9.82. The maximum absolute atomic E-state index is 4.83. The first-order chi connectivity index (χ1) is 28.3. The molecule has 0 bridgehead atoms. The van der Waals surface area contributed by atoms with Gasteiger partial charge < -0.3 is 4.57 Å². The maximum atomic E-state index is 4.83. The van der Waals surface area contributed by atoms with Crippen LogP contribution in [0.25, 0.3) is 116 Å². The van der Waals surface area contributed by atoms with Gasteiger partial charge in [-0.2, -0.15) is 0 Å². The predicted octanol–water partition coefficient (Wildman–Crippen LogP) is 14.2. The summed E-state index contributed by atoms with van der Waals surface area (Å²) in [6.07, 6.45) is 5.59. The molecule has 1 aliphatic rings. The molecule has 0 atom stereocenters. The van der Waals surface area contributed by atoms with Gasteiger partial charge in [0.25, 0.3) is 0 Å². The number of nitrogens with zero attached hydrogens (tertiary/aromatic N) is 3. The zero-order valence-corrected chi connectivity index (χ0v) is 30.9. The van der Waals surface area contributed by atoms with E-state index < -0.39 is 0 Å². The maximum Gasteiger partial charge on any atom is 0.0963 e. The summed E-state index contributed by atoms with van der Waals surface area (Å²) in [5, 5.41) is 6.27. The molecule has 0 saturated heterocycles. The number of pyridine rings is 2. The van der Waals surface area contributed by atoms with Crippen molar-refractivity contribution >= 4 is 43.5 Å². The van der Waals surface area contributed by atoms with Crippen LogP contribution in [0.15, 0.2) is 201 Å². The average Bonchev–Trinajstić information content (AvgIpc) is 3.80. The van der Waals surface area contributed by atoms with Crippen molar-refractivity contribution in [3.8, 4) is 72.4 Å². The van der Waals surface area contributed by atoms with E-state index in [0.29, 0.717) is 0 Å². The Hall–Kier alpha value is -7.62. The first kappa shape index (κ1) is 31.7. The van der Waals surface area contributed by atoms with Crippen LogP contribution in [-0.4, -0.2) is 14.5 Å². The molecule has 0 N–H and O–H groups in total. The fourth-order valence-electron chi connectivity index (χ4n) is 9.48. The molecule has 264 valence electrons. The minimum absolute atomic E-state index is 0.988. The monoisotopic (exact) mass is 723 g/mol. The van der Waals surface area contributed by atoms with E-state index in [1.807, 2.05) is 30.7 Å². The van der Waals surface area contributed by atoms with Gasteiger partial charge >= 0.3 is 0 Å². The Morgan fingerprint density at radius 2 is 0.965 bits per heavy atom. The van der Waals surface area contributed by atoms with Crippen LogP contribution in [-0.2, 0) is 0 Å². The lowest BCUT2D eigenvalue weighted by molar-refractivity contribution is 1.14. The van der Waals surface area contributed by atoms with Gasteiger partial charge in [-0.15, -0.1) is 0 Å². The zero-order valence-electron chi connectivity index (χ0n) is 30.9.